The Balaban J connectivity index is 1.75. The third-order valence-electron chi connectivity index (χ3n) is 4.94. The third-order valence-corrected chi connectivity index (χ3v) is 4.94. The lowest BCUT2D eigenvalue weighted by Gasteiger charge is -2.22. The molecule has 28 heavy (non-hydrogen) atoms. The lowest BCUT2D eigenvalue weighted by molar-refractivity contribution is -0.142. The van der Waals surface area contributed by atoms with Crippen LogP contribution in [0, 0.1) is 0 Å². The Bertz CT molecular complexity index is 1040. The van der Waals surface area contributed by atoms with Gasteiger partial charge in [0.05, 0.1) is 11.7 Å². The highest BCUT2D eigenvalue weighted by Crippen LogP contribution is 2.35. The van der Waals surface area contributed by atoms with Crippen LogP contribution in [-0.2, 0) is 19.6 Å². The van der Waals surface area contributed by atoms with Crippen molar-refractivity contribution in [3.63, 3.8) is 0 Å². The summed E-state index contributed by atoms with van der Waals surface area (Å²) in [6, 6.07) is 3.79. The molecule has 0 spiro atoms. The van der Waals surface area contributed by atoms with Crippen molar-refractivity contribution in [1.29, 1.82) is 0 Å². The van der Waals surface area contributed by atoms with E-state index < -0.39 is 17.9 Å². The van der Waals surface area contributed by atoms with Crippen LogP contribution in [0.3, 0.4) is 0 Å². The van der Waals surface area contributed by atoms with E-state index in [1.165, 1.54) is 4.68 Å². The highest BCUT2D eigenvalue weighted by Gasteiger charge is 2.37. The highest BCUT2D eigenvalue weighted by molar-refractivity contribution is 5.92. The van der Waals surface area contributed by atoms with Gasteiger partial charge in [-0.05, 0) is 31.4 Å². The molecule has 0 radical (unpaired) electrons. The van der Waals surface area contributed by atoms with Crippen molar-refractivity contribution >= 4 is 11.6 Å². The summed E-state index contributed by atoms with van der Waals surface area (Å²) in [4.78, 5) is 18.7. The molecule has 1 aliphatic heterocycles. The largest absolute Gasteiger partial charge is 0.433 e. The van der Waals surface area contributed by atoms with E-state index in [0.29, 0.717) is 36.5 Å². The van der Waals surface area contributed by atoms with E-state index in [1.54, 1.807) is 37.2 Å². The first-order chi connectivity index (χ1) is 13.3. The van der Waals surface area contributed by atoms with Crippen LogP contribution in [-0.4, -0.2) is 41.7 Å². The van der Waals surface area contributed by atoms with E-state index in [9.17, 15) is 18.0 Å². The molecule has 4 heterocycles. The fourth-order valence-electron chi connectivity index (χ4n) is 3.58. The summed E-state index contributed by atoms with van der Waals surface area (Å²) < 4.78 is 42.8. The Kier molecular flexibility index (Phi) is 4.35. The molecule has 0 unspecified atom stereocenters. The fraction of sp³-hybridized carbons (Fsp3) is 0.444. The smallest absolute Gasteiger partial charge is 0.329 e. The average Bonchev–Trinajstić information content (AvgIpc) is 3.37. The summed E-state index contributed by atoms with van der Waals surface area (Å²) in [5.74, 6) is -0.251. The predicted molar refractivity (Wildman–Crippen MR) is 93.6 cm³/mol. The van der Waals surface area contributed by atoms with Gasteiger partial charge in [0.15, 0.2) is 5.65 Å². The van der Waals surface area contributed by atoms with E-state index in [0.717, 1.165) is 17.0 Å². The Morgan fingerprint density at radius 2 is 2.07 bits per heavy atom. The van der Waals surface area contributed by atoms with Gasteiger partial charge in [0, 0.05) is 31.5 Å². The van der Waals surface area contributed by atoms with Gasteiger partial charge in [-0.15, -0.1) is 0 Å². The summed E-state index contributed by atoms with van der Waals surface area (Å²) in [5.41, 5.74) is 0.340. The second kappa shape index (κ2) is 6.61. The molecule has 1 amide bonds. The molecule has 1 atom stereocenters. The molecule has 3 aromatic rings. The van der Waals surface area contributed by atoms with E-state index in [-0.39, 0.29) is 11.6 Å². The van der Waals surface area contributed by atoms with Gasteiger partial charge >= 0.3 is 6.18 Å². The molecule has 0 bridgehead atoms. The summed E-state index contributed by atoms with van der Waals surface area (Å²) in [6.45, 7) is 2.26. The topological polar surface area (TPSA) is 68.3 Å². The molecular formula is C18H19F3N6O. The number of aromatic nitrogens is 5. The van der Waals surface area contributed by atoms with E-state index >= 15 is 0 Å². The van der Waals surface area contributed by atoms with Gasteiger partial charge in [-0.25, -0.2) is 9.50 Å². The minimum Gasteiger partial charge on any atom is -0.329 e. The molecule has 0 aromatic carbocycles. The van der Waals surface area contributed by atoms with Gasteiger partial charge in [0.25, 0.3) is 5.91 Å². The number of likely N-dealkylation sites (tertiary alicyclic amines) is 1. The quantitative estimate of drug-likeness (QED) is 0.687. The van der Waals surface area contributed by atoms with E-state index in [4.69, 9.17) is 0 Å². The SMILES string of the molecule is CCc1cc(C(F)(F)F)n2nc([C@H]3CCCN3C(=O)c3ccn(C)n3)cc2n1. The fourth-order valence-corrected chi connectivity index (χ4v) is 3.58. The van der Waals surface area contributed by atoms with Gasteiger partial charge in [-0.3, -0.25) is 9.48 Å². The van der Waals surface area contributed by atoms with Gasteiger partial charge in [0.2, 0.25) is 0 Å². The molecule has 0 saturated carbocycles. The Morgan fingerprint density at radius 1 is 1.29 bits per heavy atom. The van der Waals surface area contributed by atoms with Gasteiger partial charge < -0.3 is 4.90 Å². The first-order valence-corrected chi connectivity index (χ1v) is 9.05. The van der Waals surface area contributed by atoms with Crippen molar-refractivity contribution in [2.24, 2.45) is 7.05 Å². The zero-order valence-electron chi connectivity index (χ0n) is 15.4. The summed E-state index contributed by atoms with van der Waals surface area (Å²) in [5, 5.41) is 8.32. The minimum atomic E-state index is -4.55. The minimum absolute atomic E-state index is 0.138. The normalized spacial score (nSPS) is 17.6. The molecule has 4 rings (SSSR count). The number of amides is 1. The number of aryl methyl sites for hydroxylation is 2. The van der Waals surface area contributed by atoms with Crippen molar-refractivity contribution in [1.82, 2.24) is 29.3 Å². The molecule has 1 aliphatic rings. The number of carbonyl (C=O) groups is 1. The Labute approximate surface area is 158 Å². The van der Waals surface area contributed by atoms with Gasteiger partial charge in [-0.1, -0.05) is 6.92 Å². The van der Waals surface area contributed by atoms with E-state index in [2.05, 4.69) is 15.2 Å². The zero-order valence-corrected chi connectivity index (χ0v) is 15.4. The molecule has 1 saturated heterocycles. The molecular weight excluding hydrogens is 373 g/mol. The maximum absolute atomic E-state index is 13.5. The number of hydrogen-bond acceptors (Lipinski definition) is 4. The second-order valence-corrected chi connectivity index (χ2v) is 6.85. The maximum Gasteiger partial charge on any atom is 0.433 e. The van der Waals surface area contributed by atoms with Gasteiger partial charge in [-0.2, -0.15) is 23.4 Å². The summed E-state index contributed by atoms with van der Waals surface area (Å²) in [6.07, 6.45) is -1.11. The Hall–Kier alpha value is -2.91. The number of fused-ring (bicyclic) bond motifs is 1. The van der Waals surface area contributed by atoms with Gasteiger partial charge in [0.1, 0.15) is 11.4 Å². The Morgan fingerprint density at radius 3 is 2.71 bits per heavy atom. The van der Waals surface area contributed by atoms with Crippen LogP contribution in [0.25, 0.3) is 5.65 Å². The lowest BCUT2D eigenvalue weighted by Crippen LogP contribution is -2.31. The molecule has 10 heteroatoms. The number of nitrogens with zero attached hydrogens (tertiary/aromatic N) is 6. The lowest BCUT2D eigenvalue weighted by atomic mass is 10.1. The first-order valence-electron chi connectivity index (χ1n) is 9.05. The highest BCUT2D eigenvalue weighted by atomic mass is 19.4. The molecule has 1 fully saturated rings. The van der Waals surface area contributed by atoms with E-state index in [1.807, 2.05) is 0 Å². The first kappa shape index (κ1) is 18.5. The van der Waals surface area contributed by atoms with Crippen LogP contribution in [0.5, 0.6) is 0 Å². The molecule has 0 N–H and O–H groups in total. The second-order valence-electron chi connectivity index (χ2n) is 6.85. The number of rotatable bonds is 3. The van der Waals surface area contributed by atoms with Crippen molar-refractivity contribution in [2.75, 3.05) is 6.54 Å². The summed E-state index contributed by atoms with van der Waals surface area (Å²) in [7, 11) is 1.72. The third kappa shape index (κ3) is 3.12. The van der Waals surface area contributed by atoms with Crippen molar-refractivity contribution < 1.29 is 18.0 Å². The predicted octanol–water partition coefficient (Wildman–Crippen LogP) is 3.02. The van der Waals surface area contributed by atoms with Crippen molar-refractivity contribution in [2.45, 2.75) is 38.4 Å². The summed E-state index contributed by atoms with van der Waals surface area (Å²) >= 11 is 0. The number of carbonyl (C=O) groups excluding carboxylic acids is 1. The van der Waals surface area contributed by atoms with Crippen LogP contribution < -0.4 is 0 Å². The van der Waals surface area contributed by atoms with Crippen molar-refractivity contribution in [3.05, 3.63) is 47.2 Å². The van der Waals surface area contributed by atoms with Crippen molar-refractivity contribution in [3.8, 4) is 0 Å². The molecule has 148 valence electrons. The standard InChI is InChI=1S/C18H19F3N6O/c1-3-11-9-15(18(19,20)21)27-16(22-11)10-13(24-27)14-5-4-7-26(14)17(28)12-6-8-25(2)23-12/h6,8-10,14H,3-5,7H2,1-2H3/t14-/m1/s1. The maximum atomic E-state index is 13.5. The van der Waals surface area contributed by atoms with Crippen LogP contribution >= 0.6 is 0 Å². The average molecular weight is 392 g/mol. The van der Waals surface area contributed by atoms with Crippen LogP contribution in [0.2, 0.25) is 0 Å². The molecule has 3 aromatic heterocycles. The number of alkyl halides is 3. The van der Waals surface area contributed by atoms with Crippen LogP contribution in [0.1, 0.15) is 53.4 Å². The zero-order chi connectivity index (χ0) is 20.1. The molecule has 0 aliphatic carbocycles. The van der Waals surface area contributed by atoms with Crippen LogP contribution in [0.15, 0.2) is 24.4 Å². The number of hydrogen-bond donors (Lipinski definition) is 0. The monoisotopic (exact) mass is 392 g/mol. The molecule has 7 nitrogen and oxygen atoms in total. The van der Waals surface area contributed by atoms with Crippen LogP contribution in [0.4, 0.5) is 13.2 Å². The number of halogens is 3.